The third kappa shape index (κ3) is 5.77. The second kappa shape index (κ2) is 10.5. The van der Waals surface area contributed by atoms with E-state index < -0.39 is 23.3 Å². The third-order valence-corrected chi connectivity index (χ3v) is 5.89. The van der Waals surface area contributed by atoms with Crippen LogP contribution >= 0.6 is 0 Å². The highest BCUT2D eigenvalue weighted by atomic mass is 19.1. The molecule has 1 heterocycles. The van der Waals surface area contributed by atoms with Crippen LogP contribution in [0.2, 0.25) is 0 Å². The molecular weight excluding hydrogens is 456 g/mol. The van der Waals surface area contributed by atoms with Crippen molar-refractivity contribution >= 4 is 12.1 Å². The van der Waals surface area contributed by atoms with Crippen molar-refractivity contribution < 1.29 is 32.6 Å². The molecule has 0 saturated carbocycles. The van der Waals surface area contributed by atoms with E-state index in [1.54, 1.807) is 31.2 Å². The molecule has 1 atom stereocenters. The number of esters is 1. The number of hydrogen-bond acceptors (Lipinski definition) is 5. The summed E-state index contributed by atoms with van der Waals surface area (Å²) in [6, 6.07) is 18.5. The van der Waals surface area contributed by atoms with Crippen LogP contribution in [0, 0.1) is 17.0 Å². The number of hydrogen-bond donors (Lipinski definition) is 0. The summed E-state index contributed by atoms with van der Waals surface area (Å²) in [6.07, 6.45) is -0.288. The van der Waals surface area contributed by atoms with E-state index in [9.17, 15) is 18.4 Å². The van der Waals surface area contributed by atoms with Crippen LogP contribution in [0.4, 0.5) is 13.6 Å². The predicted molar refractivity (Wildman–Crippen MR) is 125 cm³/mol. The number of carbonyl (C=O) groups is 2. The van der Waals surface area contributed by atoms with Gasteiger partial charge in [-0.15, -0.1) is 0 Å². The van der Waals surface area contributed by atoms with Crippen molar-refractivity contribution in [3.05, 3.63) is 84.4 Å². The molecule has 3 aromatic rings. The lowest BCUT2D eigenvalue weighted by molar-refractivity contribution is -0.156. The molecule has 6 nitrogen and oxygen atoms in total. The largest absolute Gasteiger partial charge is 0.492 e. The first-order chi connectivity index (χ1) is 16.9. The Bertz CT molecular complexity index is 1170. The summed E-state index contributed by atoms with van der Waals surface area (Å²) in [5, 5.41) is 0. The Hall–Kier alpha value is -3.94. The summed E-state index contributed by atoms with van der Waals surface area (Å²) >= 11 is 0. The van der Waals surface area contributed by atoms with E-state index in [1.807, 2.05) is 12.1 Å². The summed E-state index contributed by atoms with van der Waals surface area (Å²) in [6.45, 7) is 2.29. The lowest BCUT2D eigenvalue weighted by Gasteiger charge is -2.27. The van der Waals surface area contributed by atoms with Gasteiger partial charge in [-0.25, -0.2) is 13.6 Å². The number of nitrogens with zero attached hydrogens (tertiary/aromatic N) is 1. The molecule has 0 radical (unpaired) electrons. The molecule has 1 aliphatic heterocycles. The quantitative estimate of drug-likeness (QED) is 0.419. The zero-order chi connectivity index (χ0) is 24.8. The number of likely N-dealkylation sites (tertiary alicyclic amines) is 1. The number of ether oxygens (including phenoxy) is 3. The van der Waals surface area contributed by atoms with Crippen LogP contribution < -0.4 is 9.47 Å². The summed E-state index contributed by atoms with van der Waals surface area (Å²) < 4.78 is 42.8. The van der Waals surface area contributed by atoms with E-state index in [0.717, 1.165) is 11.1 Å². The van der Waals surface area contributed by atoms with E-state index in [4.69, 9.17) is 14.2 Å². The monoisotopic (exact) mass is 481 g/mol. The molecule has 4 rings (SSSR count). The molecule has 0 aliphatic carbocycles. The second-order valence-electron chi connectivity index (χ2n) is 8.31. The van der Waals surface area contributed by atoms with Gasteiger partial charge in [0.25, 0.3) is 0 Å². The molecule has 1 fully saturated rings. The summed E-state index contributed by atoms with van der Waals surface area (Å²) in [5.74, 6) is -0.422. The van der Waals surface area contributed by atoms with Gasteiger partial charge in [-0.1, -0.05) is 24.3 Å². The minimum atomic E-state index is -1.05. The maximum absolute atomic E-state index is 13.2. The lowest BCUT2D eigenvalue weighted by Crippen LogP contribution is -2.43. The fraction of sp³-hybridized carbons (Fsp3) is 0.259. The first kappa shape index (κ1) is 24.2. The molecule has 1 saturated heterocycles. The van der Waals surface area contributed by atoms with Crippen LogP contribution in [0.25, 0.3) is 11.1 Å². The van der Waals surface area contributed by atoms with Gasteiger partial charge >= 0.3 is 12.1 Å². The molecule has 1 aliphatic rings. The zero-order valence-electron chi connectivity index (χ0n) is 19.2. The molecule has 3 aromatic carbocycles. The highest BCUT2D eigenvalue weighted by Crippen LogP contribution is 2.34. The van der Waals surface area contributed by atoms with Gasteiger partial charge in [0.15, 0.2) is 0 Å². The summed E-state index contributed by atoms with van der Waals surface area (Å²) in [4.78, 5) is 26.9. The van der Waals surface area contributed by atoms with Crippen molar-refractivity contribution in [3.8, 4) is 22.6 Å². The smallest absolute Gasteiger partial charge is 0.415 e. The van der Waals surface area contributed by atoms with Gasteiger partial charge in [-0.05, 0) is 73.0 Å². The maximum atomic E-state index is 13.2. The Labute approximate surface area is 202 Å². The first-order valence-electron chi connectivity index (χ1n) is 11.3. The maximum Gasteiger partial charge on any atom is 0.415 e. The highest BCUT2D eigenvalue weighted by Gasteiger charge is 2.48. The average Bonchev–Trinajstić information content (AvgIpc) is 3.31. The van der Waals surface area contributed by atoms with Gasteiger partial charge in [0.1, 0.15) is 35.2 Å². The molecule has 8 heteroatoms. The SMILES string of the molecule is CCOC(=O)C1(COc2ccc(-c3ccc(F)cc3)cc2)CCN(C(=O)Oc2ccc(F)cc2)C1. The zero-order valence-corrected chi connectivity index (χ0v) is 19.2. The topological polar surface area (TPSA) is 65.1 Å². The van der Waals surface area contributed by atoms with E-state index in [2.05, 4.69) is 0 Å². The van der Waals surface area contributed by atoms with Gasteiger partial charge in [-0.2, -0.15) is 0 Å². The highest BCUT2D eigenvalue weighted by molar-refractivity contribution is 5.80. The van der Waals surface area contributed by atoms with Gasteiger partial charge in [0, 0.05) is 13.1 Å². The number of benzene rings is 3. The van der Waals surface area contributed by atoms with Crippen LogP contribution in [0.1, 0.15) is 13.3 Å². The van der Waals surface area contributed by atoms with Crippen molar-refractivity contribution in [2.45, 2.75) is 13.3 Å². The predicted octanol–water partition coefficient (Wildman–Crippen LogP) is 5.46. The van der Waals surface area contributed by atoms with Crippen molar-refractivity contribution in [2.75, 3.05) is 26.3 Å². The minimum absolute atomic E-state index is 0.0159. The second-order valence-corrected chi connectivity index (χ2v) is 8.31. The number of carbonyl (C=O) groups excluding carboxylic acids is 2. The third-order valence-electron chi connectivity index (χ3n) is 5.89. The first-order valence-corrected chi connectivity index (χ1v) is 11.3. The Morgan fingerprint density at radius 1 is 0.857 bits per heavy atom. The van der Waals surface area contributed by atoms with Gasteiger partial charge in [0.05, 0.1) is 6.61 Å². The van der Waals surface area contributed by atoms with Crippen molar-refractivity contribution in [1.29, 1.82) is 0 Å². The lowest BCUT2D eigenvalue weighted by atomic mass is 9.88. The number of halogens is 2. The Balaban J connectivity index is 1.42. The summed E-state index contributed by atoms with van der Waals surface area (Å²) in [7, 11) is 0. The normalized spacial score (nSPS) is 17.2. The Kier molecular flexibility index (Phi) is 7.29. The molecule has 1 unspecified atom stereocenters. The van der Waals surface area contributed by atoms with E-state index in [1.165, 1.54) is 41.3 Å². The van der Waals surface area contributed by atoms with Crippen LogP contribution in [0.3, 0.4) is 0 Å². The Morgan fingerprint density at radius 3 is 2.00 bits per heavy atom. The van der Waals surface area contributed by atoms with Crippen molar-refractivity contribution in [3.63, 3.8) is 0 Å². The molecule has 0 spiro atoms. The van der Waals surface area contributed by atoms with Crippen molar-refractivity contribution in [2.24, 2.45) is 5.41 Å². The molecule has 0 N–H and O–H groups in total. The van der Waals surface area contributed by atoms with E-state index in [-0.39, 0.29) is 37.9 Å². The fourth-order valence-electron chi connectivity index (χ4n) is 3.93. The molecule has 35 heavy (non-hydrogen) atoms. The number of rotatable bonds is 7. The molecule has 0 aromatic heterocycles. The van der Waals surface area contributed by atoms with Crippen molar-refractivity contribution in [1.82, 2.24) is 4.90 Å². The Morgan fingerprint density at radius 2 is 1.40 bits per heavy atom. The molecule has 182 valence electrons. The summed E-state index contributed by atoms with van der Waals surface area (Å²) in [5.41, 5.74) is 0.716. The minimum Gasteiger partial charge on any atom is -0.492 e. The fourth-order valence-corrected chi connectivity index (χ4v) is 3.93. The number of amides is 1. The average molecular weight is 481 g/mol. The molecule has 1 amide bonds. The van der Waals surface area contributed by atoms with E-state index in [0.29, 0.717) is 12.2 Å². The molecular formula is C27H25F2NO5. The standard InChI is InChI=1S/C27H25F2NO5/c1-2-33-25(31)27(15-16-30(17-27)26(32)35-24-13-9-22(29)10-14-24)18-34-23-11-5-20(6-12-23)19-3-7-21(28)8-4-19/h3-14H,2,15-18H2,1H3. The molecule has 0 bridgehead atoms. The van der Waals surface area contributed by atoms with Crippen LogP contribution in [-0.4, -0.2) is 43.3 Å². The van der Waals surface area contributed by atoms with Gasteiger partial charge < -0.3 is 19.1 Å². The van der Waals surface area contributed by atoms with Crippen LogP contribution in [-0.2, 0) is 9.53 Å². The van der Waals surface area contributed by atoms with E-state index >= 15 is 0 Å². The van der Waals surface area contributed by atoms with Crippen LogP contribution in [0.5, 0.6) is 11.5 Å². The van der Waals surface area contributed by atoms with Gasteiger partial charge in [-0.3, -0.25) is 4.79 Å². The van der Waals surface area contributed by atoms with Crippen LogP contribution in [0.15, 0.2) is 72.8 Å². The van der Waals surface area contributed by atoms with Gasteiger partial charge in [0.2, 0.25) is 0 Å².